The minimum absolute atomic E-state index is 0.216. The van der Waals surface area contributed by atoms with Gasteiger partial charge in [0.1, 0.15) is 6.42 Å². The van der Waals surface area contributed by atoms with Gasteiger partial charge in [-0.15, -0.1) is 0 Å². The Morgan fingerprint density at radius 3 is 2.71 bits per heavy atom. The van der Waals surface area contributed by atoms with Crippen LogP contribution in [0.5, 0.6) is 0 Å². The number of rotatable bonds is 3. The maximum Gasteiger partial charge on any atom is 0.313 e. The van der Waals surface area contributed by atoms with Crippen LogP contribution in [0, 0.1) is 6.92 Å². The van der Waals surface area contributed by atoms with Gasteiger partial charge in [-0.05, 0) is 13.0 Å². The number of carbonyl (C=O) groups excluding carboxylic acids is 2. The Balaban J connectivity index is 2.44. The number of methoxy groups -OCH3 is 1. The standard InChI is InChI=1S/C13H13NO3/c1-8-13(11(15)7-12(16)17-2)9-5-3-4-6-10(9)14-8/h3-6,14H,7H2,1-2H3. The molecule has 0 fully saturated rings. The number of Topliss-reactive ketones (excluding diaryl/α,β-unsaturated/α-hetero) is 1. The van der Waals surface area contributed by atoms with Crippen molar-refractivity contribution in [2.24, 2.45) is 0 Å². The summed E-state index contributed by atoms with van der Waals surface area (Å²) in [6.45, 7) is 1.82. The topological polar surface area (TPSA) is 59.2 Å². The largest absolute Gasteiger partial charge is 0.469 e. The number of carbonyl (C=O) groups is 2. The summed E-state index contributed by atoms with van der Waals surface area (Å²) >= 11 is 0. The fraction of sp³-hybridized carbons (Fsp3) is 0.231. The van der Waals surface area contributed by atoms with Gasteiger partial charge in [0.2, 0.25) is 0 Å². The molecular weight excluding hydrogens is 218 g/mol. The Hall–Kier alpha value is -2.10. The molecule has 0 aliphatic heterocycles. The van der Waals surface area contributed by atoms with E-state index < -0.39 is 5.97 Å². The van der Waals surface area contributed by atoms with Gasteiger partial charge in [-0.3, -0.25) is 9.59 Å². The van der Waals surface area contributed by atoms with Gasteiger partial charge in [0.15, 0.2) is 5.78 Å². The summed E-state index contributed by atoms with van der Waals surface area (Å²) < 4.78 is 4.50. The number of aromatic amines is 1. The quantitative estimate of drug-likeness (QED) is 0.500. The van der Waals surface area contributed by atoms with Gasteiger partial charge in [0, 0.05) is 22.2 Å². The lowest BCUT2D eigenvalue weighted by Gasteiger charge is -2.00. The molecule has 0 spiro atoms. The van der Waals surface area contributed by atoms with Crippen molar-refractivity contribution < 1.29 is 14.3 Å². The van der Waals surface area contributed by atoms with Crippen molar-refractivity contribution in [3.8, 4) is 0 Å². The van der Waals surface area contributed by atoms with E-state index in [-0.39, 0.29) is 12.2 Å². The van der Waals surface area contributed by atoms with E-state index in [1.165, 1.54) is 7.11 Å². The lowest BCUT2D eigenvalue weighted by Crippen LogP contribution is -2.10. The van der Waals surface area contributed by atoms with Gasteiger partial charge >= 0.3 is 5.97 Å². The first-order valence-electron chi connectivity index (χ1n) is 5.31. The molecule has 1 N–H and O–H groups in total. The smallest absolute Gasteiger partial charge is 0.313 e. The van der Waals surface area contributed by atoms with E-state index in [1.807, 2.05) is 31.2 Å². The van der Waals surface area contributed by atoms with E-state index in [1.54, 1.807) is 0 Å². The Morgan fingerprint density at radius 1 is 1.29 bits per heavy atom. The molecule has 88 valence electrons. The van der Waals surface area contributed by atoms with Gasteiger partial charge < -0.3 is 9.72 Å². The van der Waals surface area contributed by atoms with Crippen LogP contribution in [0.4, 0.5) is 0 Å². The first-order chi connectivity index (χ1) is 8.13. The van der Waals surface area contributed by atoms with Crippen molar-refractivity contribution in [1.29, 1.82) is 0 Å². The summed E-state index contributed by atoms with van der Waals surface area (Å²) in [6.07, 6.45) is -0.223. The van der Waals surface area contributed by atoms with E-state index in [0.29, 0.717) is 5.56 Å². The third-order valence-electron chi connectivity index (χ3n) is 2.70. The van der Waals surface area contributed by atoms with Crippen molar-refractivity contribution >= 4 is 22.7 Å². The van der Waals surface area contributed by atoms with Crippen molar-refractivity contribution in [2.75, 3.05) is 7.11 Å². The molecule has 0 amide bonds. The van der Waals surface area contributed by atoms with Crippen molar-refractivity contribution in [3.05, 3.63) is 35.5 Å². The fourth-order valence-corrected chi connectivity index (χ4v) is 1.93. The fourth-order valence-electron chi connectivity index (χ4n) is 1.93. The summed E-state index contributed by atoms with van der Waals surface area (Å²) in [4.78, 5) is 26.2. The minimum Gasteiger partial charge on any atom is -0.469 e. The predicted molar refractivity (Wildman–Crippen MR) is 64.0 cm³/mol. The first-order valence-corrected chi connectivity index (χ1v) is 5.31. The summed E-state index contributed by atoms with van der Waals surface area (Å²) in [5.41, 5.74) is 2.25. The number of nitrogens with one attached hydrogen (secondary N) is 1. The van der Waals surface area contributed by atoms with Crippen LogP contribution in [0.3, 0.4) is 0 Å². The highest BCUT2D eigenvalue weighted by Crippen LogP contribution is 2.23. The summed E-state index contributed by atoms with van der Waals surface area (Å²) in [5, 5.41) is 0.846. The van der Waals surface area contributed by atoms with E-state index >= 15 is 0 Å². The molecule has 0 aliphatic carbocycles. The van der Waals surface area contributed by atoms with Crippen molar-refractivity contribution in [1.82, 2.24) is 4.98 Å². The molecule has 0 atom stereocenters. The van der Waals surface area contributed by atoms with Crippen molar-refractivity contribution in [2.45, 2.75) is 13.3 Å². The number of aromatic nitrogens is 1. The van der Waals surface area contributed by atoms with Gasteiger partial charge in [-0.2, -0.15) is 0 Å². The predicted octanol–water partition coefficient (Wildman–Crippen LogP) is 2.22. The Bertz CT molecular complexity index is 583. The molecule has 0 aliphatic rings. The molecule has 0 bridgehead atoms. The lowest BCUT2D eigenvalue weighted by molar-refractivity contribution is -0.139. The molecule has 2 aromatic rings. The second kappa shape index (κ2) is 4.41. The number of ketones is 1. The zero-order chi connectivity index (χ0) is 12.4. The zero-order valence-electron chi connectivity index (χ0n) is 9.74. The number of hydrogen-bond donors (Lipinski definition) is 1. The molecule has 1 aromatic heterocycles. The van der Waals surface area contributed by atoms with Crippen LogP contribution in [0.1, 0.15) is 22.5 Å². The molecular formula is C13H13NO3. The van der Waals surface area contributed by atoms with Gasteiger partial charge in [-0.1, -0.05) is 18.2 Å². The van der Waals surface area contributed by atoms with Crippen LogP contribution >= 0.6 is 0 Å². The number of hydrogen-bond acceptors (Lipinski definition) is 3. The number of esters is 1. The monoisotopic (exact) mass is 231 g/mol. The zero-order valence-corrected chi connectivity index (χ0v) is 9.74. The van der Waals surface area contributed by atoms with Crippen LogP contribution in [-0.4, -0.2) is 23.8 Å². The van der Waals surface area contributed by atoms with Crippen LogP contribution in [0.2, 0.25) is 0 Å². The van der Waals surface area contributed by atoms with Gasteiger partial charge in [0.25, 0.3) is 0 Å². The Labute approximate surface area is 98.6 Å². The SMILES string of the molecule is COC(=O)CC(=O)c1c(C)[nH]c2ccccc12. The normalized spacial score (nSPS) is 10.5. The van der Waals surface area contributed by atoms with Crippen LogP contribution in [0.25, 0.3) is 10.9 Å². The van der Waals surface area contributed by atoms with Gasteiger partial charge in [-0.25, -0.2) is 0 Å². The van der Waals surface area contributed by atoms with Gasteiger partial charge in [0.05, 0.1) is 7.11 Å². The van der Waals surface area contributed by atoms with E-state index in [4.69, 9.17) is 0 Å². The molecule has 0 radical (unpaired) electrons. The maximum atomic E-state index is 12.0. The molecule has 2 rings (SSSR count). The average molecular weight is 231 g/mol. The second-order valence-electron chi connectivity index (χ2n) is 3.85. The van der Waals surface area contributed by atoms with E-state index in [2.05, 4.69) is 9.72 Å². The summed E-state index contributed by atoms with van der Waals surface area (Å²) in [6, 6.07) is 7.53. The van der Waals surface area contributed by atoms with E-state index in [0.717, 1.165) is 16.6 Å². The van der Waals surface area contributed by atoms with E-state index in [9.17, 15) is 9.59 Å². The Kier molecular flexibility index (Phi) is 2.95. The molecule has 0 saturated carbocycles. The molecule has 1 aromatic carbocycles. The highest BCUT2D eigenvalue weighted by Gasteiger charge is 2.18. The molecule has 4 heteroatoms. The Morgan fingerprint density at radius 2 is 2.00 bits per heavy atom. The first kappa shape index (κ1) is 11.4. The number of para-hydroxylation sites is 1. The molecule has 17 heavy (non-hydrogen) atoms. The number of H-pyrrole nitrogens is 1. The molecule has 1 heterocycles. The van der Waals surface area contributed by atoms with Crippen LogP contribution < -0.4 is 0 Å². The minimum atomic E-state index is -0.514. The third kappa shape index (κ3) is 2.06. The summed E-state index contributed by atoms with van der Waals surface area (Å²) in [5.74, 6) is -0.730. The lowest BCUT2D eigenvalue weighted by atomic mass is 10.0. The third-order valence-corrected chi connectivity index (χ3v) is 2.70. The molecule has 4 nitrogen and oxygen atoms in total. The number of ether oxygens (including phenoxy) is 1. The summed E-state index contributed by atoms with van der Waals surface area (Å²) in [7, 11) is 1.28. The molecule has 0 saturated heterocycles. The highest BCUT2D eigenvalue weighted by atomic mass is 16.5. The number of aryl methyl sites for hydroxylation is 1. The average Bonchev–Trinajstić information content (AvgIpc) is 2.64. The van der Waals surface area contributed by atoms with Crippen molar-refractivity contribution in [3.63, 3.8) is 0 Å². The maximum absolute atomic E-state index is 12.0. The van der Waals surface area contributed by atoms with Crippen LogP contribution in [0.15, 0.2) is 24.3 Å². The second-order valence-corrected chi connectivity index (χ2v) is 3.85. The van der Waals surface area contributed by atoms with Crippen LogP contribution in [-0.2, 0) is 9.53 Å². The number of fused-ring (bicyclic) bond motifs is 1. The number of benzene rings is 1. The molecule has 0 unspecified atom stereocenters. The highest BCUT2D eigenvalue weighted by molar-refractivity contribution is 6.14.